The molecular weight excluding hydrogens is 450 g/mol. The van der Waals surface area contributed by atoms with E-state index in [1.165, 1.54) is 0 Å². The summed E-state index contributed by atoms with van der Waals surface area (Å²) in [7, 11) is 1.85. The average molecular weight is 486 g/mol. The number of aromatic nitrogens is 2. The number of benzene rings is 1. The van der Waals surface area contributed by atoms with Crippen molar-refractivity contribution < 1.29 is 23.9 Å². The third kappa shape index (κ3) is 6.11. The second-order valence-electron chi connectivity index (χ2n) is 10.2. The van der Waals surface area contributed by atoms with Gasteiger partial charge in [-0.2, -0.15) is 5.10 Å². The number of rotatable bonds is 6. The normalized spacial score (nSPS) is 19.7. The van der Waals surface area contributed by atoms with Gasteiger partial charge in [-0.05, 0) is 45.7 Å². The van der Waals surface area contributed by atoms with E-state index >= 15 is 0 Å². The first-order valence-corrected chi connectivity index (χ1v) is 12.2. The molecule has 4 rings (SSSR count). The minimum atomic E-state index is -0.476. The molecule has 3 heterocycles. The number of carbonyl (C=O) groups excluding carboxylic acids is 3. The van der Waals surface area contributed by atoms with E-state index < -0.39 is 11.5 Å². The molecule has 3 amide bonds. The van der Waals surface area contributed by atoms with Crippen LogP contribution in [0.2, 0.25) is 0 Å². The molecule has 10 nitrogen and oxygen atoms in total. The highest BCUT2D eigenvalue weighted by Crippen LogP contribution is 2.32. The Bertz CT molecular complexity index is 1100. The van der Waals surface area contributed by atoms with Crippen molar-refractivity contribution in [3.63, 3.8) is 0 Å². The van der Waals surface area contributed by atoms with Crippen LogP contribution in [-0.2, 0) is 21.4 Å². The lowest BCUT2D eigenvalue weighted by Crippen LogP contribution is -2.50. The fourth-order valence-electron chi connectivity index (χ4n) is 4.53. The molecule has 2 aromatic rings. The molecule has 35 heavy (non-hydrogen) atoms. The molecule has 190 valence electrons. The number of hydrogen-bond donors (Lipinski definition) is 1. The molecule has 0 aliphatic carbocycles. The molecule has 10 heteroatoms. The van der Waals surface area contributed by atoms with Crippen LogP contribution in [0.5, 0.6) is 5.75 Å². The predicted molar refractivity (Wildman–Crippen MR) is 130 cm³/mol. The Kier molecular flexibility index (Phi) is 7.30. The zero-order valence-electron chi connectivity index (χ0n) is 21.0. The van der Waals surface area contributed by atoms with Gasteiger partial charge in [0.25, 0.3) is 0 Å². The van der Waals surface area contributed by atoms with E-state index in [9.17, 15) is 14.4 Å². The number of ether oxygens (including phenoxy) is 2. The zero-order valence-corrected chi connectivity index (χ0v) is 21.0. The molecular formula is C25H35N5O5. The van der Waals surface area contributed by atoms with Crippen LogP contribution in [0.4, 0.5) is 4.79 Å². The molecule has 1 N–H and O–H groups in total. The molecule has 0 bridgehead atoms. The molecule has 0 saturated carbocycles. The number of piperazine rings is 1. The number of hydrogen-bond acceptors (Lipinski definition) is 7. The third-order valence-electron chi connectivity index (χ3n) is 6.33. The van der Waals surface area contributed by atoms with Crippen LogP contribution in [0.3, 0.4) is 0 Å². The Labute approximate surface area is 205 Å². The van der Waals surface area contributed by atoms with Gasteiger partial charge in [-0.25, -0.2) is 4.79 Å². The van der Waals surface area contributed by atoms with Crippen LogP contribution >= 0.6 is 0 Å². The molecule has 0 radical (unpaired) electrons. The summed E-state index contributed by atoms with van der Waals surface area (Å²) < 4.78 is 13.2. The maximum Gasteiger partial charge on any atom is 0.410 e. The SMILES string of the molecule is Cn1nc(C2CCC(=O)NC2=O)c2ccc(OCCCN3CCN(C(=O)OC(C)(C)C)CC3)cc21. The summed E-state index contributed by atoms with van der Waals surface area (Å²) in [6.07, 6.45) is 1.43. The lowest BCUT2D eigenvalue weighted by molar-refractivity contribution is -0.134. The number of imide groups is 1. The monoisotopic (exact) mass is 485 g/mol. The fourth-order valence-corrected chi connectivity index (χ4v) is 4.53. The van der Waals surface area contributed by atoms with Gasteiger partial charge in [-0.1, -0.05) is 0 Å². The molecule has 1 aromatic heterocycles. The molecule has 1 aromatic carbocycles. The zero-order chi connectivity index (χ0) is 25.2. The predicted octanol–water partition coefficient (Wildman–Crippen LogP) is 2.42. The van der Waals surface area contributed by atoms with E-state index in [4.69, 9.17) is 9.47 Å². The van der Waals surface area contributed by atoms with E-state index in [0.717, 1.165) is 42.7 Å². The van der Waals surface area contributed by atoms with Gasteiger partial charge >= 0.3 is 6.09 Å². The van der Waals surface area contributed by atoms with E-state index in [1.807, 2.05) is 46.0 Å². The molecule has 0 spiro atoms. The van der Waals surface area contributed by atoms with Crippen molar-refractivity contribution in [2.75, 3.05) is 39.3 Å². The first kappa shape index (κ1) is 25.0. The van der Waals surface area contributed by atoms with Crippen molar-refractivity contribution in [3.05, 3.63) is 23.9 Å². The fraction of sp³-hybridized carbons (Fsp3) is 0.600. The minimum Gasteiger partial charge on any atom is -0.493 e. The second-order valence-corrected chi connectivity index (χ2v) is 10.2. The van der Waals surface area contributed by atoms with Crippen molar-refractivity contribution >= 4 is 28.8 Å². The van der Waals surface area contributed by atoms with Crippen LogP contribution in [-0.4, -0.2) is 82.4 Å². The molecule has 1 atom stereocenters. The highest BCUT2D eigenvalue weighted by atomic mass is 16.6. The molecule has 2 aliphatic rings. The van der Waals surface area contributed by atoms with Gasteiger partial charge in [0.15, 0.2) is 0 Å². The number of piperidine rings is 1. The number of aryl methyl sites for hydroxylation is 1. The average Bonchev–Trinajstić information content (AvgIpc) is 3.11. The van der Waals surface area contributed by atoms with Crippen LogP contribution in [0, 0.1) is 0 Å². The maximum absolute atomic E-state index is 12.3. The van der Waals surface area contributed by atoms with E-state index in [-0.39, 0.29) is 17.9 Å². The number of carbonyl (C=O) groups is 3. The molecule has 1 unspecified atom stereocenters. The second kappa shape index (κ2) is 10.2. The van der Waals surface area contributed by atoms with Crippen molar-refractivity contribution in [3.8, 4) is 5.75 Å². The standard InChI is InChI=1S/C25H35N5O5/c1-25(2,3)35-24(33)30-13-11-29(12-14-30)10-5-15-34-17-6-7-18-20(16-17)28(4)27-22(18)19-8-9-21(31)26-23(19)32/h6-7,16,19H,5,8-15H2,1-4H3,(H,26,31,32). The Morgan fingerprint density at radius 2 is 1.91 bits per heavy atom. The summed E-state index contributed by atoms with van der Waals surface area (Å²) in [4.78, 5) is 40.1. The first-order chi connectivity index (χ1) is 16.6. The van der Waals surface area contributed by atoms with Crippen molar-refractivity contribution in [2.45, 2.75) is 51.6 Å². The van der Waals surface area contributed by atoms with Crippen LogP contribution in [0.15, 0.2) is 18.2 Å². The highest BCUT2D eigenvalue weighted by molar-refractivity contribution is 6.02. The third-order valence-corrected chi connectivity index (χ3v) is 6.33. The van der Waals surface area contributed by atoms with E-state index in [0.29, 0.717) is 38.2 Å². The van der Waals surface area contributed by atoms with Gasteiger partial charge in [0, 0.05) is 57.6 Å². The van der Waals surface area contributed by atoms with Crippen LogP contribution in [0.25, 0.3) is 10.9 Å². The minimum absolute atomic E-state index is 0.230. The topological polar surface area (TPSA) is 106 Å². The van der Waals surface area contributed by atoms with Gasteiger partial charge in [-0.15, -0.1) is 0 Å². The van der Waals surface area contributed by atoms with Crippen LogP contribution < -0.4 is 10.1 Å². The van der Waals surface area contributed by atoms with Gasteiger partial charge in [0.1, 0.15) is 11.4 Å². The number of nitrogens with one attached hydrogen (secondary N) is 1. The first-order valence-electron chi connectivity index (χ1n) is 12.2. The van der Waals surface area contributed by atoms with Crippen molar-refractivity contribution in [1.82, 2.24) is 24.9 Å². The van der Waals surface area contributed by atoms with E-state index in [2.05, 4.69) is 15.3 Å². The highest BCUT2D eigenvalue weighted by Gasteiger charge is 2.31. The lowest BCUT2D eigenvalue weighted by atomic mass is 9.93. The summed E-state index contributed by atoms with van der Waals surface area (Å²) in [5.41, 5.74) is 1.11. The Balaban J connectivity index is 1.25. The van der Waals surface area contributed by atoms with Gasteiger partial charge < -0.3 is 14.4 Å². The molecule has 2 fully saturated rings. The van der Waals surface area contributed by atoms with Crippen molar-refractivity contribution in [1.29, 1.82) is 0 Å². The quantitative estimate of drug-likeness (QED) is 0.495. The number of amides is 3. The smallest absolute Gasteiger partial charge is 0.410 e. The molecule has 2 saturated heterocycles. The maximum atomic E-state index is 12.3. The van der Waals surface area contributed by atoms with Gasteiger partial charge in [0.2, 0.25) is 11.8 Å². The Morgan fingerprint density at radius 3 is 2.60 bits per heavy atom. The van der Waals surface area contributed by atoms with Crippen LogP contribution in [0.1, 0.15) is 51.6 Å². The summed E-state index contributed by atoms with van der Waals surface area (Å²) in [5.74, 6) is -0.176. The summed E-state index contributed by atoms with van der Waals surface area (Å²) in [6, 6.07) is 5.78. The summed E-state index contributed by atoms with van der Waals surface area (Å²) in [5, 5.41) is 7.88. The number of nitrogens with zero attached hydrogens (tertiary/aromatic N) is 4. The lowest BCUT2D eigenvalue weighted by Gasteiger charge is -2.35. The molecule has 2 aliphatic heterocycles. The number of fused-ring (bicyclic) bond motifs is 1. The Hall–Kier alpha value is -3.14. The summed E-state index contributed by atoms with van der Waals surface area (Å²) >= 11 is 0. The largest absolute Gasteiger partial charge is 0.493 e. The van der Waals surface area contributed by atoms with E-state index in [1.54, 1.807) is 9.58 Å². The van der Waals surface area contributed by atoms with Gasteiger partial charge in [-0.3, -0.25) is 24.5 Å². The van der Waals surface area contributed by atoms with Gasteiger partial charge in [0.05, 0.1) is 23.7 Å². The summed E-state index contributed by atoms with van der Waals surface area (Å²) in [6.45, 7) is 10.1. The Morgan fingerprint density at radius 1 is 1.17 bits per heavy atom. The van der Waals surface area contributed by atoms with Crippen molar-refractivity contribution in [2.24, 2.45) is 7.05 Å².